The number of carbonyl (C=O) groups is 3. The summed E-state index contributed by atoms with van der Waals surface area (Å²) in [7, 11) is 1.69. The van der Waals surface area contributed by atoms with Crippen LogP contribution in [0.15, 0.2) is 0 Å². The monoisotopic (exact) mass is 596 g/mol. The molecule has 0 aromatic carbocycles. The SMILES string of the molecule is COC1CCC(NC(C)(C)C(=O)CC2CCC(N(N)C(=O)N(N)C3CCCCC3C)CC2)CC1OCCCC(=O)ON. The molecule has 0 spiro atoms. The Hall–Kier alpha value is -1.83. The fourth-order valence-electron chi connectivity index (χ4n) is 7.06. The van der Waals surface area contributed by atoms with E-state index in [1.54, 1.807) is 7.11 Å². The fraction of sp³-hybridized carbons (Fsp3) is 0.900. The van der Waals surface area contributed by atoms with Crippen LogP contribution < -0.4 is 22.9 Å². The van der Waals surface area contributed by atoms with Gasteiger partial charge in [0.05, 0.1) is 23.8 Å². The predicted octanol–water partition coefficient (Wildman–Crippen LogP) is 3.07. The number of amides is 2. The van der Waals surface area contributed by atoms with Gasteiger partial charge in [-0.1, -0.05) is 19.8 Å². The normalized spacial score (nSPS) is 30.4. The smallest absolute Gasteiger partial charge is 0.348 e. The lowest BCUT2D eigenvalue weighted by molar-refractivity contribution is -0.145. The first-order valence-electron chi connectivity index (χ1n) is 15.9. The topological polar surface area (TPSA) is 175 Å². The second-order valence-corrected chi connectivity index (χ2v) is 13.3. The number of rotatable bonds is 13. The van der Waals surface area contributed by atoms with E-state index >= 15 is 0 Å². The number of hydrogen-bond acceptors (Lipinski definition) is 10. The number of nitrogens with zero attached hydrogens (tertiary/aromatic N) is 2. The number of ether oxygens (including phenoxy) is 2. The largest absolute Gasteiger partial charge is 0.379 e. The zero-order valence-corrected chi connectivity index (χ0v) is 26.2. The van der Waals surface area contributed by atoms with Gasteiger partial charge in [-0.05, 0) is 89.9 Å². The van der Waals surface area contributed by atoms with Crippen molar-refractivity contribution >= 4 is 17.8 Å². The number of ketones is 1. The third-order valence-corrected chi connectivity index (χ3v) is 9.83. The van der Waals surface area contributed by atoms with Gasteiger partial charge in [0.2, 0.25) is 0 Å². The predicted molar refractivity (Wildman–Crippen MR) is 159 cm³/mol. The van der Waals surface area contributed by atoms with E-state index in [0.29, 0.717) is 25.4 Å². The van der Waals surface area contributed by atoms with Crippen LogP contribution in [0.1, 0.15) is 111 Å². The summed E-state index contributed by atoms with van der Waals surface area (Å²) < 4.78 is 11.7. The molecule has 0 bridgehead atoms. The van der Waals surface area contributed by atoms with Crippen LogP contribution in [0.3, 0.4) is 0 Å². The molecule has 0 aliphatic heterocycles. The van der Waals surface area contributed by atoms with Crippen LogP contribution in [0.5, 0.6) is 0 Å². The van der Waals surface area contributed by atoms with Crippen LogP contribution in [0.2, 0.25) is 0 Å². The van der Waals surface area contributed by atoms with Crippen LogP contribution >= 0.6 is 0 Å². The standard InChI is InChI=1S/C30H56N6O6/c1-20-8-5-6-9-24(20)36(32)29(39)35(31)23-14-11-21(12-15-23)18-27(37)30(2,3)34-22-13-16-25(40-4)26(19-22)41-17-7-10-28(38)42-33/h20-26,34H,5-19,31-33H2,1-4H3. The Labute approximate surface area is 251 Å². The molecule has 3 aliphatic rings. The minimum Gasteiger partial charge on any atom is -0.379 e. The van der Waals surface area contributed by atoms with E-state index < -0.39 is 11.5 Å². The van der Waals surface area contributed by atoms with Gasteiger partial charge in [0.15, 0.2) is 5.78 Å². The van der Waals surface area contributed by atoms with E-state index in [9.17, 15) is 14.4 Å². The average Bonchev–Trinajstić information content (AvgIpc) is 2.98. The molecule has 12 heteroatoms. The highest BCUT2D eigenvalue weighted by Crippen LogP contribution is 2.33. The maximum absolute atomic E-state index is 13.4. The summed E-state index contributed by atoms with van der Waals surface area (Å²) in [6, 6.07) is -0.210. The molecular weight excluding hydrogens is 540 g/mol. The number of carbonyl (C=O) groups excluding carboxylic acids is 3. The molecule has 7 N–H and O–H groups in total. The molecule has 0 saturated heterocycles. The lowest BCUT2D eigenvalue weighted by Crippen LogP contribution is -2.59. The molecule has 3 aliphatic carbocycles. The Morgan fingerprint density at radius 2 is 1.62 bits per heavy atom. The molecule has 0 radical (unpaired) electrons. The van der Waals surface area contributed by atoms with Gasteiger partial charge < -0.3 is 19.6 Å². The maximum Gasteiger partial charge on any atom is 0.348 e. The number of nitrogens with one attached hydrogen (secondary N) is 1. The van der Waals surface area contributed by atoms with E-state index in [1.807, 2.05) is 13.8 Å². The van der Waals surface area contributed by atoms with Crippen molar-refractivity contribution in [3.05, 3.63) is 0 Å². The Morgan fingerprint density at radius 1 is 0.929 bits per heavy atom. The van der Waals surface area contributed by atoms with E-state index in [1.165, 1.54) is 16.4 Å². The number of urea groups is 1. The molecule has 3 rings (SSSR count). The van der Waals surface area contributed by atoms with Crippen LogP contribution in [0, 0.1) is 11.8 Å². The van der Waals surface area contributed by atoms with Gasteiger partial charge in [0.25, 0.3) is 0 Å². The van der Waals surface area contributed by atoms with Crippen LogP contribution in [0.4, 0.5) is 4.79 Å². The molecule has 0 heterocycles. The second-order valence-electron chi connectivity index (χ2n) is 13.3. The van der Waals surface area contributed by atoms with Gasteiger partial charge in [0.1, 0.15) is 0 Å². The van der Waals surface area contributed by atoms with Crippen molar-refractivity contribution in [2.24, 2.45) is 29.4 Å². The van der Waals surface area contributed by atoms with Gasteiger partial charge in [-0.25, -0.2) is 16.5 Å². The molecule has 3 fully saturated rings. The lowest BCUT2D eigenvalue weighted by Gasteiger charge is -2.41. The molecule has 5 unspecified atom stereocenters. The molecule has 3 saturated carbocycles. The molecule has 0 aromatic heterocycles. The van der Waals surface area contributed by atoms with Crippen molar-refractivity contribution in [2.45, 2.75) is 147 Å². The van der Waals surface area contributed by atoms with Crippen molar-refractivity contribution in [3.8, 4) is 0 Å². The summed E-state index contributed by atoms with van der Waals surface area (Å²) in [6.45, 7) is 6.48. The summed E-state index contributed by atoms with van der Waals surface area (Å²) >= 11 is 0. The van der Waals surface area contributed by atoms with Crippen molar-refractivity contribution < 1.29 is 28.7 Å². The van der Waals surface area contributed by atoms with Gasteiger partial charge >= 0.3 is 12.0 Å². The number of hydrogen-bond donors (Lipinski definition) is 4. The zero-order chi connectivity index (χ0) is 30.9. The number of nitrogens with two attached hydrogens (primary N) is 3. The van der Waals surface area contributed by atoms with Gasteiger partial charge in [0, 0.05) is 38.6 Å². The number of hydrazine groups is 2. The first-order valence-corrected chi connectivity index (χ1v) is 15.9. The Morgan fingerprint density at radius 3 is 2.26 bits per heavy atom. The van der Waals surface area contributed by atoms with Gasteiger partial charge in [-0.15, -0.1) is 0 Å². The van der Waals surface area contributed by atoms with E-state index in [4.69, 9.17) is 27.1 Å². The number of Topliss-reactive ketones (excluding diaryl/α,β-unsaturated/α-hetero) is 1. The summed E-state index contributed by atoms with van der Waals surface area (Å²) in [5.74, 6) is 17.8. The highest BCUT2D eigenvalue weighted by molar-refractivity contribution is 5.87. The van der Waals surface area contributed by atoms with E-state index in [0.717, 1.165) is 64.2 Å². The molecule has 12 nitrogen and oxygen atoms in total. The highest BCUT2D eigenvalue weighted by Gasteiger charge is 2.38. The minimum atomic E-state index is -0.677. The zero-order valence-electron chi connectivity index (χ0n) is 26.2. The van der Waals surface area contributed by atoms with Crippen LogP contribution in [-0.4, -0.2) is 77.4 Å². The molecule has 2 amide bonds. The van der Waals surface area contributed by atoms with E-state index in [-0.39, 0.29) is 54.5 Å². The Balaban J connectivity index is 1.43. The quantitative estimate of drug-likeness (QED) is 0.107. The van der Waals surface area contributed by atoms with Crippen molar-refractivity contribution in [2.75, 3.05) is 13.7 Å². The summed E-state index contributed by atoms with van der Waals surface area (Å²) in [6.07, 6.45) is 11.0. The van der Waals surface area contributed by atoms with Crippen molar-refractivity contribution in [1.29, 1.82) is 0 Å². The summed E-state index contributed by atoms with van der Waals surface area (Å²) in [5, 5.41) is 6.30. The minimum absolute atomic E-state index is 0.0232. The molecule has 0 aromatic rings. The molecule has 42 heavy (non-hydrogen) atoms. The lowest BCUT2D eigenvalue weighted by atomic mass is 9.79. The number of methoxy groups -OCH3 is 1. The molecular formula is C30H56N6O6. The van der Waals surface area contributed by atoms with Crippen molar-refractivity contribution in [1.82, 2.24) is 15.3 Å². The maximum atomic E-state index is 13.4. The summed E-state index contributed by atoms with van der Waals surface area (Å²) in [4.78, 5) is 42.0. The second kappa shape index (κ2) is 16.3. The Bertz CT molecular complexity index is 882. The molecule has 5 atom stereocenters. The van der Waals surface area contributed by atoms with Crippen molar-refractivity contribution in [3.63, 3.8) is 0 Å². The first kappa shape index (κ1) is 34.7. The molecule has 242 valence electrons. The van der Waals surface area contributed by atoms with Crippen LogP contribution in [0.25, 0.3) is 0 Å². The van der Waals surface area contributed by atoms with E-state index in [2.05, 4.69) is 17.1 Å². The van der Waals surface area contributed by atoms with Gasteiger partial charge in [-0.3, -0.25) is 19.6 Å². The van der Waals surface area contributed by atoms with Gasteiger partial charge in [-0.2, -0.15) is 5.90 Å². The Kier molecular flexibility index (Phi) is 13.5. The fourth-order valence-corrected chi connectivity index (χ4v) is 7.06. The van der Waals surface area contributed by atoms with Crippen LogP contribution in [-0.2, 0) is 23.9 Å². The average molecular weight is 597 g/mol. The third-order valence-electron chi connectivity index (χ3n) is 9.83. The third kappa shape index (κ3) is 9.59. The highest BCUT2D eigenvalue weighted by atomic mass is 16.7. The first-order chi connectivity index (χ1) is 20.0. The summed E-state index contributed by atoms with van der Waals surface area (Å²) in [5.41, 5.74) is -0.677.